The minimum atomic E-state index is -1.32. The zero-order valence-corrected chi connectivity index (χ0v) is 10.2. The van der Waals surface area contributed by atoms with Crippen LogP contribution in [0.2, 0.25) is 0 Å². The average Bonchev–Trinajstić information content (AvgIpc) is 2.41. The van der Waals surface area contributed by atoms with Crippen molar-refractivity contribution in [2.45, 2.75) is 0 Å². The van der Waals surface area contributed by atoms with Crippen molar-refractivity contribution in [3.63, 3.8) is 0 Å². The predicted octanol–water partition coefficient (Wildman–Crippen LogP) is 1.29. The van der Waals surface area contributed by atoms with Crippen molar-refractivity contribution in [2.24, 2.45) is 0 Å². The molecule has 0 aliphatic rings. The van der Waals surface area contributed by atoms with Crippen LogP contribution < -0.4 is 0 Å². The highest BCUT2D eigenvalue weighted by atomic mass is 19.1. The van der Waals surface area contributed by atoms with Crippen molar-refractivity contribution < 1.29 is 39.8 Å². The molecule has 0 aliphatic carbocycles. The largest absolute Gasteiger partial charge is 0.504 e. The quantitative estimate of drug-likeness (QED) is 0.362. The fraction of sp³-hybridized carbons (Fsp3) is 0. The molecule has 0 saturated heterocycles. The first kappa shape index (κ1) is 14.3. The molecule has 2 aromatic rings. The molecule has 0 atom stereocenters. The lowest BCUT2D eigenvalue weighted by Crippen LogP contribution is -2.05. The van der Waals surface area contributed by atoms with Gasteiger partial charge in [0, 0.05) is 11.6 Å². The van der Waals surface area contributed by atoms with Crippen molar-refractivity contribution >= 4 is 5.78 Å². The predicted molar refractivity (Wildman–Crippen MR) is 66.3 cm³/mol. The molecule has 0 radical (unpaired) electrons. The van der Waals surface area contributed by atoms with Crippen LogP contribution in [-0.4, -0.2) is 36.4 Å². The molecule has 0 saturated carbocycles. The summed E-state index contributed by atoms with van der Waals surface area (Å²) in [6, 6.07) is 1.89. The Hall–Kier alpha value is -3.16. The Bertz CT molecular complexity index is 732. The first-order chi connectivity index (χ1) is 9.73. The fourth-order valence-electron chi connectivity index (χ4n) is 1.71. The monoisotopic (exact) mass is 296 g/mol. The third-order valence-corrected chi connectivity index (χ3v) is 2.76. The number of halogens is 1. The summed E-state index contributed by atoms with van der Waals surface area (Å²) in [7, 11) is 0. The number of carbonyl (C=O) groups excluding carboxylic acids is 1. The maximum absolute atomic E-state index is 13.7. The minimum absolute atomic E-state index is 0.419. The van der Waals surface area contributed by atoms with Crippen LogP contribution in [0.4, 0.5) is 4.39 Å². The second-order valence-corrected chi connectivity index (χ2v) is 4.14. The molecule has 0 spiro atoms. The van der Waals surface area contributed by atoms with Crippen LogP contribution in [0.3, 0.4) is 0 Å². The summed E-state index contributed by atoms with van der Waals surface area (Å²) >= 11 is 0. The zero-order chi connectivity index (χ0) is 15.9. The Balaban J connectivity index is 2.64. The zero-order valence-electron chi connectivity index (χ0n) is 10.2. The van der Waals surface area contributed by atoms with Crippen molar-refractivity contribution in [1.82, 2.24) is 0 Å². The summed E-state index contributed by atoms with van der Waals surface area (Å²) in [5, 5.41) is 55.7. The number of ketones is 1. The Labute approximate surface area is 116 Å². The Morgan fingerprint density at radius 3 is 1.76 bits per heavy atom. The molecule has 0 amide bonds. The third kappa shape index (κ3) is 2.22. The van der Waals surface area contributed by atoms with Gasteiger partial charge in [0.05, 0.1) is 0 Å². The first-order valence-corrected chi connectivity index (χ1v) is 5.47. The van der Waals surface area contributed by atoms with Crippen LogP contribution in [0, 0.1) is 5.82 Å². The van der Waals surface area contributed by atoms with Gasteiger partial charge in [-0.2, -0.15) is 0 Å². The van der Waals surface area contributed by atoms with Gasteiger partial charge in [-0.05, 0) is 12.1 Å². The molecule has 0 unspecified atom stereocenters. The van der Waals surface area contributed by atoms with Crippen LogP contribution in [0.5, 0.6) is 34.5 Å². The average molecular weight is 296 g/mol. The number of carbonyl (C=O) groups is 1. The molecule has 110 valence electrons. The molecule has 6 N–H and O–H groups in total. The summed E-state index contributed by atoms with van der Waals surface area (Å²) in [5.41, 5.74) is -1.42. The van der Waals surface area contributed by atoms with Gasteiger partial charge in [0.1, 0.15) is 11.4 Å². The van der Waals surface area contributed by atoms with Crippen LogP contribution in [0.1, 0.15) is 15.9 Å². The lowest BCUT2D eigenvalue weighted by atomic mass is 10.00. The normalized spacial score (nSPS) is 10.5. The topological polar surface area (TPSA) is 138 Å². The van der Waals surface area contributed by atoms with Gasteiger partial charge in [0.15, 0.2) is 34.5 Å². The van der Waals surface area contributed by atoms with E-state index in [1.165, 1.54) is 0 Å². The van der Waals surface area contributed by atoms with Gasteiger partial charge >= 0.3 is 0 Å². The van der Waals surface area contributed by atoms with Crippen molar-refractivity contribution in [3.05, 3.63) is 35.1 Å². The van der Waals surface area contributed by atoms with Crippen molar-refractivity contribution in [3.8, 4) is 34.5 Å². The van der Waals surface area contributed by atoms with Crippen molar-refractivity contribution in [2.75, 3.05) is 0 Å². The van der Waals surface area contributed by atoms with Gasteiger partial charge in [-0.15, -0.1) is 0 Å². The van der Waals surface area contributed by atoms with E-state index in [9.17, 15) is 29.6 Å². The van der Waals surface area contributed by atoms with E-state index in [1.807, 2.05) is 0 Å². The molecule has 0 aliphatic heterocycles. The summed E-state index contributed by atoms with van der Waals surface area (Å²) < 4.78 is 13.7. The Kier molecular flexibility index (Phi) is 3.22. The summed E-state index contributed by atoms with van der Waals surface area (Å²) in [6.45, 7) is 0. The van der Waals surface area contributed by atoms with E-state index in [0.29, 0.717) is 6.07 Å². The fourth-order valence-corrected chi connectivity index (χ4v) is 1.71. The molecule has 8 heteroatoms. The molecule has 21 heavy (non-hydrogen) atoms. The summed E-state index contributed by atoms with van der Waals surface area (Å²) in [4.78, 5) is 12.1. The minimum Gasteiger partial charge on any atom is -0.504 e. The molecule has 7 nitrogen and oxygen atoms in total. The number of hydrogen-bond donors (Lipinski definition) is 6. The van der Waals surface area contributed by atoms with E-state index in [0.717, 1.165) is 12.1 Å². The summed E-state index contributed by atoms with van der Waals surface area (Å²) in [5.74, 6) is -8.28. The smallest absolute Gasteiger partial charge is 0.201 e. The van der Waals surface area contributed by atoms with E-state index >= 15 is 0 Å². The van der Waals surface area contributed by atoms with Crippen LogP contribution in [0.25, 0.3) is 0 Å². The number of aromatic hydroxyl groups is 6. The van der Waals surface area contributed by atoms with Crippen LogP contribution in [-0.2, 0) is 0 Å². The third-order valence-electron chi connectivity index (χ3n) is 2.76. The highest BCUT2D eigenvalue weighted by molar-refractivity contribution is 6.12. The standard InChI is InChI=1S/C13H9FO7/c14-5-3-8(17)12(20)13(21)9(5)10(18)4-1-6(15)11(19)7(16)2-4/h1-3,15-17,19-21H. The molecule has 0 bridgehead atoms. The maximum atomic E-state index is 13.7. The molecule has 2 rings (SSSR count). The Morgan fingerprint density at radius 2 is 1.24 bits per heavy atom. The van der Waals surface area contributed by atoms with Crippen LogP contribution in [0.15, 0.2) is 18.2 Å². The molecule has 2 aromatic carbocycles. The van der Waals surface area contributed by atoms with Gasteiger partial charge in [-0.3, -0.25) is 4.79 Å². The highest BCUT2D eigenvalue weighted by Crippen LogP contribution is 2.41. The van der Waals surface area contributed by atoms with E-state index in [1.54, 1.807) is 0 Å². The van der Waals surface area contributed by atoms with Gasteiger partial charge in [-0.1, -0.05) is 0 Å². The lowest BCUT2D eigenvalue weighted by Gasteiger charge is -2.09. The second-order valence-electron chi connectivity index (χ2n) is 4.14. The number of rotatable bonds is 2. The number of hydrogen-bond acceptors (Lipinski definition) is 7. The number of phenolic OH excluding ortho intramolecular Hbond substituents is 6. The molecular weight excluding hydrogens is 287 g/mol. The molecule has 0 heterocycles. The lowest BCUT2D eigenvalue weighted by molar-refractivity contribution is 0.103. The second kappa shape index (κ2) is 4.75. The summed E-state index contributed by atoms with van der Waals surface area (Å²) in [6.07, 6.45) is 0. The Morgan fingerprint density at radius 1 is 0.762 bits per heavy atom. The van der Waals surface area contributed by atoms with E-state index < -0.39 is 57.2 Å². The molecule has 0 aromatic heterocycles. The molecular formula is C13H9FO7. The highest BCUT2D eigenvalue weighted by Gasteiger charge is 2.25. The number of phenols is 6. The SMILES string of the molecule is O=C(c1cc(O)c(O)c(O)c1)c1c(F)cc(O)c(O)c1O. The van der Waals surface area contributed by atoms with Crippen molar-refractivity contribution in [1.29, 1.82) is 0 Å². The first-order valence-electron chi connectivity index (χ1n) is 5.47. The van der Waals surface area contributed by atoms with E-state index in [4.69, 9.17) is 10.2 Å². The van der Waals surface area contributed by atoms with Gasteiger partial charge in [0.2, 0.25) is 5.75 Å². The van der Waals surface area contributed by atoms with Crippen LogP contribution >= 0.6 is 0 Å². The van der Waals surface area contributed by atoms with Gasteiger partial charge in [-0.25, -0.2) is 4.39 Å². The van der Waals surface area contributed by atoms with E-state index in [-0.39, 0.29) is 0 Å². The number of benzene rings is 2. The molecule has 0 fully saturated rings. The van der Waals surface area contributed by atoms with E-state index in [2.05, 4.69) is 0 Å². The van der Waals surface area contributed by atoms with Gasteiger partial charge < -0.3 is 30.6 Å². The maximum Gasteiger partial charge on any atom is 0.201 e. The van der Waals surface area contributed by atoms with Gasteiger partial charge in [0.25, 0.3) is 0 Å².